The van der Waals surface area contributed by atoms with Crippen molar-refractivity contribution in [3.63, 3.8) is 0 Å². The van der Waals surface area contributed by atoms with Crippen LogP contribution in [-0.2, 0) is 10.0 Å². The SMILES string of the molecule is CCCCCS(=O)(=O)NC(=O)c1ccc2[nH]c(C)cc2c1. The molecule has 0 aliphatic rings. The number of amides is 1. The summed E-state index contributed by atoms with van der Waals surface area (Å²) < 4.78 is 25.8. The fourth-order valence-electron chi connectivity index (χ4n) is 2.21. The van der Waals surface area contributed by atoms with Crippen molar-refractivity contribution in [3.8, 4) is 0 Å². The Morgan fingerprint density at radius 1 is 1.24 bits per heavy atom. The molecular formula is C15H20N2O3S. The van der Waals surface area contributed by atoms with Gasteiger partial charge in [0.2, 0.25) is 10.0 Å². The van der Waals surface area contributed by atoms with E-state index in [2.05, 4.69) is 9.71 Å². The molecule has 0 saturated heterocycles. The van der Waals surface area contributed by atoms with E-state index in [1.807, 2.05) is 19.9 Å². The van der Waals surface area contributed by atoms with Gasteiger partial charge in [-0.15, -0.1) is 0 Å². The van der Waals surface area contributed by atoms with Crippen LogP contribution in [0, 0.1) is 6.92 Å². The highest BCUT2D eigenvalue weighted by Gasteiger charge is 2.16. The Kier molecular flexibility index (Phi) is 4.67. The summed E-state index contributed by atoms with van der Waals surface area (Å²) in [7, 11) is -3.56. The van der Waals surface area contributed by atoms with Crippen LogP contribution in [0.2, 0.25) is 0 Å². The Balaban J connectivity index is 2.11. The molecule has 0 bridgehead atoms. The van der Waals surface area contributed by atoms with Crippen molar-refractivity contribution in [2.75, 3.05) is 5.75 Å². The predicted molar refractivity (Wildman–Crippen MR) is 83.8 cm³/mol. The van der Waals surface area contributed by atoms with Gasteiger partial charge in [0.15, 0.2) is 0 Å². The topological polar surface area (TPSA) is 79.0 Å². The van der Waals surface area contributed by atoms with Crippen LogP contribution in [-0.4, -0.2) is 25.1 Å². The fourth-order valence-corrected chi connectivity index (χ4v) is 3.30. The number of benzene rings is 1. The molecule has 2 N–H and O–H groups in total. The van der Waals surface area contributed by atoms with Gasteiger partial charge in [-0.3, -0.25) is 4.79 Å². The average molecular weight is 308 g/mol. The molecule has 0 aliphatic heterocycles. The van der Waals surface area contributed by atoms with Gasteiger partial charge in [-0.2, -0.15) is 0 Å². The molecule has 5 nitrogen and oxygen atoms in total. The molecule has 2 rings (SSSR count). The summed E-state index contributed by atoms with van der Waals surface area (Å²) in [6.45, 7) is 3.93. The zero-order valence-corrected chi connectivity index (χ0v) is 13.1. The number of H-pyrrole nitrogens is 1. The molecule has 114 valence electrons. The van der Waals surface area contributed by atoms with Gasteiger partial charge >= 0.3 is 0 Å². The largest absolute Gasteiger partial charge is 0.359 e. The minimum Gasteiger partial charge on any atom is -0.359 e. The lowest BCUT2D eigenvalue weighted by molar-refractivity contribution is 0.0981. The van der Waals surface area contributed by atoms with Crippen LogP contribution in [0.4, 0.5) is 0 Å². The zero-order valence-electron chi connectivity index (χ0n) is 12.3. The number of fused-ring (bicyclic) bond motifs is 1. The molecule has 0 spiro atoms. The van der Waals surface area contributed by atoms with Gasteiger partial charge in [-0.1, -0.05) is 19.8 Å². The molecule has 1 amide bonds. The number of hydrogen-bond acceptors (Lipinski definition) is 3. The first-order valence-electron chi connectivity index (χ1n) is 7.05. The number of sulfonamides is 1. The van der Waals surface area contributed by atoms with Crippen molar-refractivity contribution in [3.05, 3.63) is 35.5 Å². The number of carbonyl (C=O) groups is 1. The number of aryl methyl sites for hydroxylation is 1. The Morgan fingerprint density at radius 3 is 2.71 bits per heavy atom. The van der Waals surface area contributed by atoms with Crippen LogP contribution in [0.3, 0.4) is 0 Å². The molecule has 0 atom stereocenters. The van der Waals surface area contributed by atoms with Crippen LogP contribution < -0.4 is 4.72 Å². The van der Waals surface area contributed by atoms with Gasteiger partial charge in [0.05, 0.1) is 5.75 Å². The number of aromatic nitrogens is 1. The normalized spacial score (nSPS) is 11.7. The molecule has 6 heteroatoms. The molecule has 0 unspecified atom stereocenters. The van der Waals surface area contributed by atoms with Gasteiger partial charge in [0, 0.05) is 22.2 Å². The third-order valence-electron chi connectivity index (χ3n) is 3.28. The van der Waals surface area contributed by atoms with Gasteiger partial charge in [-0.05, 0) is 37.6 Å². The number of unbranched alkanes of at least 4 members (excludes halogenated alkanes) is 2. The first kappa shape index (κ1) is 15.6. The van der Waals surface area contributed by atoms with Gasteiger partial charge < -0.3 is 4.98 Å². The van der Waals surface area contributed by atoms with Crippen LogP contribution in [0.1, 0.15) is 42.2 Å². The van der Waals surface area contributed by atoms with Gasteiger partial charge in [-0.25, -0.2) is 13.1 Å². The predicted octanol–water partition coefficient (Wildman–Crippen LogP) is 2.73. The van der Waals surface area contributed by atoms with E-state index in [0.717, 1.165) is 29.4 Å². The lowest BCUT2D eigenvalue weighted by atomic mass is 10.1. The van der Waals surface area contributed by atoms with E-state index in [9.17, 15) is 13.2 Å². The Morgan fingerprint density at radius 2 is 2.00 bits per heavy atom. The molecule has 0 radical (unpaired) electrons. The number of hydrogen-bond donors (Lipinski definition) is 2. The summed E-state index contributed by atoms with van der Waals surface area (Å²) in [5, 5.41) is 0.892. The minimum absolute atomic E-state index is 0.0158. The second-order valence-corrected chi connectivity index (χ2v) is 7.05. The van der Waals surface area contributed by atoms with Crippen molar-refractivity contribution in [1.82, 2.24) is 9.71 Å². The van der Waals surface area contributed by atoms with Gasteiger partial charge in [0.25, 0.3) is 5.91 Å². The Bertz CT molecular complexity index is 747. The highest BCUT2D eigenvalue weighted by Crippen LogP contribution is 2.17. The monoisotopic (exact) mass is 308 g/mol. The second kappa shape index (κ2) is 6.30. The van der Waals surface area contributed by atoms with E-state index in [1.165, 1.54) is 0 Å². The number of aromatic amines is 1. The van der Waals surface area contributed by atoms with Crippen molar-refractivity contribution >= 4 is 26.8 Å². The maximum absolute atomic E-state index is 12.0. The average Bonchev–Trinajstić information content (AvgIpc) is 2.77. The molecule has 21 heavy (non-hydrogen) atoms. The van der Waals surface area contributed by atoms with Crippen molar-refractivity contribution in [2.45, 2.75) is 33.1 Å². The molecule has 1 aromatic carbocycles. The minimum atomic E-state index is -3.56. The first-order valence-corrected chi connectivity index (χ1v) is 8.71. The van der Waals surface area contributed by atoms with Crippen LogP contribution >= 0.6 is 0 Å². The second-order valence-electron chi connectivity index (χ2n) is 5.21. The lowest BCUT2D eigenvalue weighted by Gasteiger charge is -2.06. The molecule has 0 fully saturated rings. The van der Waals surface area contributed by atoms with E-state index in [0.29, 0.717) is 12.0 Å². The lowest BCUT2D eigenvalue weighted by Crippen LogP contribution is -2.32. The van der Waals surface area contributed by atoms with Crippen LogP contribution in [0.5, 0.6) is 0 Å². The van der Waals surface area contributed by atoms with Crippen molar-refractivity contribution in [2.24, 2.45) is 0 Å². The highest BCUT2D eigenvalue weighted by molar-refractivity contribution is 7.90. The van der Waals surface area contributed by atoms with E-state index >= 15 is 0 Å². The van der Waals surface area contributed by atoms with E-state index in [1.54, 1.807) is 18.2 Å². The number of nitrogens with one attached hydrogen (secondary N) is 2. The van der Waals surface area contributed by atoms with E-state index in [4.69, 9.17) is 0 Å². The number of carbonyl (C=O) groups excluding carboxylic acids is 1. The molecule has 1 aromatic heterocycles. The van der Waals surface area contributed by atoms with Crippen LogP contribution in [0.15, 0.2) is 24.3 Å². The van der Waals surface area contributed by atoms with Crippen LogP contribution in [0.25, 0.3) is 10.9 Å². The first-order chi connectivity index (χ1) is 9.91. The molecule has 2 aromatic rings. The number of rotatable bonds is 6. The Hall–Kier alpha value is -1.82. The third kappa shape index (κ3) is 4.07. The third-order valence-corrected chi connectivity index (χ3v) is 4.60. The summed E-state index contributed by atoms with van der Waals surface area (Å²) in [6, 6.07) is 7.01. The molecule has 0 saturated carbocycles. The summed E-state index contributed by atoms with van der Waals surface area (Å²) in [5.74, 6) is -0.592. The van der Waals surface area contributed by atoms with Crippen molar-refractivity contribution in [1.29, 1.82) is 0 Å². The molecular weight excluding hydrogens is 288 g/mol. The zero-order chi connectivity index (χ0) is 15.5. The summed E-state index contributed by atoms with van der Waals surface area (Å²) >= 11 is 0. The quantitative estimate of drug-likeness (QED) is 0.805. The Labute approximate surface area is 124 Å². The maximum Gasteiger partial charge on any atom is 0.264 e. The van der Waals surface area contributed by atoms with E-state index in [-0.39, 0.29) is 5.75 Å². The smallest absolute Gasteiger partial charge is 0.264 e. The fraction of sp³-hybridized carbons (Fsp3) is 0.400. The summed E-state index contributed by atoms with van der Waals surface area (Å²) in [4.78, 5) is 15.2. The van der Waals surface area contributed by atoms with E-state index < -0.39 is 15.9 Å². The maximum atomic E-state index is 12.0. The highest BCUT2D eigenvalue weighted by atomic mass is 32.2. The standard InChI is InChI=1S/C15H20N2O3S/c1-3-4-5-8-21(19,20)17-15(18)12-6-7-14-13(10-12)9-11(2)16-14/h6-7,9-10,16H,3-5,8H2,1-2H3,(H,17,18). The van der Waals surface area contributed by atoms with Crippen molar-refractivity contribution < 1.29 is 13.2 Å². The summed E-state index contributed by atoms with van der Waals surface area (Å²) in [6.07, 6.45) is 2.34. The van der Waals surface area contributed by atoms with Gasteiger partial charge in [0.1, 0.15) is 0 Å². The molecule has 0 aliphatic carbocycles. The summed E-state index contributed by atoms with van der Waals surface area (Å²) in [5.41, 5.74) is 2.27. The molecule has 1 heterocycles.